The second kappa shape index (κ2) is 5.80. The fourth-order valence-electron chi connectivity index (χ4n) is 1.39. The van der Waals surface area contributed by atoms with Gasteiger partial charge in [-0.3, -0.25) is 14.4 Å². The molecule has 0 saturated carbocycles. The van der Waals surface area contributed by atoms with Crippen LogP contribution in [0.3, 0.4) is 0 Å². The molecule has 1 atom stereocenters. The predicted molar refractivity (Wildman–Crippen MR) is 64.5 cm³/mol. The van der Waals surface area contributed by atoms with Gasteiger partial charge >= 0.3 is 5.97 Å². The van der Waals surface area contributed by atoms with Gasteiger partial charge < -0.3 is 21.1 Å². The number of amides is 2. The van der Waals surface area contributed by atoms with Gasteiger partial charge in [0.2, 0.25) is 5.91 Å². The van der Waals surface area contributed by atoms with Crippen LogP contribution < -0.4 is 16.5 Å². The zero-order valence-corrected chi connectivity index (χ0v) is 10.1. The number of aliphatic carboxylic acids is 1. The Kier molecular flexibility index (Phi) is 4.41. The number of carboxylic acid groups (broad SMARTS) is 1. The van der Waals surface area contributed by atoms with Gasteiger partial charge in [0.15, 0.2) is 5.43 Å². The van der Waals surface area contributed by atoms with E-state index in [1.807, 2.05) is 0 Å². The largest absolute Gasteiger partial charge is 0.480 e. The molecule has 0 spiro atoms. The maximum atomic E-state index is 11.7. The van der Waals surface area contributed by atoms with E-state index in [9.17, 15) is 19.2 Å². The minimum absolute atomic E-state index is 0.235. The zero-order chi connectivity index (χ0) is 14.6. The molecule has 0 bridgehead atoms. The number of carbonyl (C=O) groups excluding carboxylic acids is 2. The quantitative estimate of drug-likeness (QED) is 0.526. The van der Waals surface area contributed by atoms with Crippen LogP contribution in [0, 0.1) is 6.92 Å². The Hall–Kier alpha value is -2.64. The van der Waals surface area contributed by atoms with Crippen LogP contribution in [0.15, 0.2) is 17.1 Å². The second-order valence-electron chi connectivity index (χ2n) is 3.93. The van der Waals surface area contributed by atoms with Crippen LogP contribution in [0.25, 0.3) is 0 Å². The SMILES string of the molecule is Cc1cc(=O)c(C(=O)NC(CC(N)=O)C(=O)O)c[nH]1. The number of carbonyl (C=O) groups is 3. The lowest BCUT2D eigenvalue weighted by Gasteiger charge is -2.12. The summed E-state index contributed by atoms with van der Waals surface area (Å²) in [5.41, 5.74) is 4.66. The topological polar surface area (TPSA) is 142 Å². The zero-order valence-electron chi connectivity index (χ0n) is 10.1. The van der Waals surface area contributed by atoms with Crippen LogP contribution in [0.2, 0.25) is 0 Å². The molecule has 1 aromatic heterocycles. The van der Waals surface area contributed by atoms with Gasteiger partial charge in [-0.1, -0.05) is 0 Å². The van der Waals surface area contributed by atoms with Gasteiger partial charge in [0.05, 0.1) is 6.42 Å². The molecule has 8 heteroatoms. The molecule has 8 nitrogen and oxygen atoms in total. The molecular formula is C11H13N3O5. The first-order chi connectivity index (χ1) is 8.81. The highest BCUT2D eigenvalue weighted by molar-refractivity contribution is 5.97. The summed E-state index contributed by atoms with van der Waals surface area (Å²) in [7, 11) is 0. The maximum absolute atomic E-state index is 11.7. The van der Waals surface area contributed by atoms with Gasteiger partial charge in [0.1, 0.15) is 11.6 Å². The minimum atomic E-state index is -1.47. The molecule has 1 aromatic rings. The Labute approximate surface area is 107 Å². The molecule has 2 amide bonds. The van der Waals surface area contributed by atoms with Gasteiger partial charge in [0.25, 0.3) is 5.91 Å². The highest BCUT2D eigenvalue weighted by Gasteiger charge is 2.23. The van der Waals surface area contributed by atoms with E-state index < -0.39 is 35.7 Å². The number of pyridine rings is 1. The predicted octanol–water partition coefficient (Wildman–Crippen LogP) is -1.26. The summed E-state index contributed by atoms with van der Waals surface area (Å²) >= 11 is 0. The highest BCUT2D eigenvalue weighted by Crippen LogP contribution is 1.97. The molecule has 0 radical (unpaired) electrons. The summed E-state index contributed by atoms with van der Waals surface area (Å²) in [6.07, 6.45) is 0.626. The van der Waals surface area contributed by atoms with E-state index in [-0.39, 0.29) is 5.56 Å². The molecule has 5 N–H and O–H groups in total. The average molecular weight is 267 g/mol. The number of hydrogen-bond donors (Lipinski definition) is 4. The van der Waals surface area contributed by atoms with E-state index in [2.05, 4.69) is 10.3 Å². The van der Waals surface area contributed by atoms with Gasteiger partial charge in [0, 0.05) is 18.0 Å². The van der Waals surface area contributed by atoms with Gasteiger partial charge in [-0.25, -0.2) is 4.79 Å². The first-order valence-corrected chi connectivity index (χ1v) is 5.32. The Morgan fingerprint density at radius 3 is 2.58 bits per heavy atom. The number of aromatic amines is 1. The van der Waals surface area contributed by atoms with Gasteiger partial charge in [-0.05, 0) is 6.92 Å². The van der Waals surface area contributed by atoms with Crippen LogP contribution >= 0.6 is 0 Å². The lowest BCUT2D eigenvalue weighted by molar-refractivity contribution is -0.140. The monoisotopic (exact) mass is 267 g/mol. The third kappa shape index (κ3) is 3.95. The van der Waals surface area contributed by atoms with Crippen LogP contribution in [0.5, 0.6) is 0 Å². The molecule has 0 aliphatic rings. The number of nitrogens with one attached hydrogen (secondary N) is 2. The lowest BCUT2D eigenvalue weighted by atomic mass is 10.1. The first kappa shape index (κ1) is 14.4. The van der Waals surface area contributed by atoms with Crippen LogP contribution in [0.4, 0.5) is 0 Å². The molecule has 1 heterocycles. The molecule has 102 valence electrons. The van der Waals surface area contributed by atoms with Crippen molar-refractivity contribution < 1.29 is 19.5 Å². The van der Waals surface area contributed by atoms with Crippen molar-refractivity contribution in [1.29, 1.82) is 0 Å². The van der Waals surface area contributed by atoms with Crippen LogP contribution in [-0.4, -0.2) is 33.9 Å². The summed E-state index contributed by atoms with van der Waals surface area (Å²) in [5, 5.41) is 10.9. The number of carboxylic acids is 1. The molecule has 1 rings (SSSR count). The summed E-state index contributed by atoms with van der Waals surface area (Å²) < 4.78 is 0. The number of rotatable bonds is 5. The first-order valence-electron chi connectivity index (χ1n) is 5.32. The Morgan fingerprint density at radius 1 is 1.47 bits per heavy atom. The molecule has 19 heavy (non-hydrogen) atoms. The van der Waals surface area contributed by atoms with Gasteiger partial charge in [-0.15, -0.1) is 0 Å². The number of aryl methyl sites for hydroxylation is 1. The highest BCUT2D eigenvalue weighted by atomic mass is 16.4. The normalized spacial score (nSPS) is 11.6. The number of H-pyrrole nitrogens is 1. The van der Waals surface area contributed by atoms with E-state index in [4.69, 9.17) is 10.8 Å². The van der Waals surface area contributed by atoms with E-state index in [1.165, 1.54) is 12.3 Å². The summed E-state index contributed by atoms with van der Waals surface area (Å²) in [4.78, 5) is 47.4. The van der Waals surface area contributed by atoms with Crippen LogP contribution in [0.1, 0.15) is 22.5 Å². The van der Waals surface area contributed by atoms with Crippen molar-refractivity contribution in [1.82, 2.24) is 10.3 Å². The van der Waals surface area contributed by atoms with Crippen molar-refractivity contribution in [3.8, 4) is 0 Å². The number of primary amides is 1. The molecule has 0 saturated heterocycles. The second-order valence-corrected chi connectivity index (χ2v) is 3.93. The van der Waals surface area contributed by atoms with E-state index in [1.54, 1.807) is 6.92 Å². The molecular weight excluding hydrogens is 254 g/mol. The Balaban J connectivity index is 2.91. The van der Waals surface area contributed by atoms with Crippen molar-refractivity contribution in [3.05, 3.63) is 33.7 Å². The molecule has 0 aliphatic carbocycles. The maximum Gasteiger partial charge on any atom is 0.326 e. The lowest BCUT2D eigenvalue weighted by Crippen LogP contribution is -2.44. The van der Waals surface area contributed by atoms with Crippen molar-refractivity contribution in [2.24, 2.45) is 5.73 Å². The molecule has 0 aliphatic heterocycles. The van der Waals surface area contributed by atoms with Crippen molar-refractivity contribution in [2.45, 2.75) is 19.4 Å². The molecule has 0 aromatic carbocycles. The molecule has 1 unspecified atom stereocenters. The third-order valence-corrected chi connectivity index (χ3v) is 2.31. The van der Waals surface area contributed by atoms with Crippen molar-refractivity contribution in [2.75, 3.05) is 0 Å². The van der Waals surface area contributed by atoms with Gasteiger partial charge in [-0.2, -0.15) is 0 Å². The summed E-state index contributed by atoms with van der Waals surface area (Å²) in [6, 6.07) is -0.260. The number of nitrogens with two attached hydrogens (primary N) is 1. The molecule has 0 fully saturated rings. The third-order valence-electron chi connectivity index (χ3n) is 2.31. The fraction of sp³-hybridized carbons (Fsp3) is 0.273. The Bertz CT molecular complexity index is 578. The number of hydrogen-bond acceptors (Lipinski definition) is 4. The number of aromatic nitrogens is 1. The fourth-order valence-corrected chi connectivity index (χ4v) is 1.39. The Morgan fingerprint density at radius 2 is 2.11 bits per heavy atom. The van der Waals surface area contributed by atoms with Crippen molar-refractivity contribution in [3.63, 3.8) is 0 Å². The standard InChI is InChI=1S/C11H13N3O5/c1-5-2-8(15)6(4-13-5)10(17)14-7(11(18)19)3-9(12)16/h2,4,7H,3H2,1H3,(H2,12,16)(H,13,15)(H,14,17)(H,18,19). The smallest absolute Gasteiger partial charge is 0.326 e. The van der Waals surface area contributed by atoms with E-state index in [0.717, 1.165) is 0 Å². The van der Waals surface area contributed by atoms with E-state index in [0.29, 0.717) is 5.69 Å². The summed E-state index contributed by atoms with van der Waals surface area (Å²) in [5.74, 6) is -3.16. The van der Waals surface area contributed by atoms with Crippen LogP contribution in [-0.2, 0) is 9.59 Å². The summed E-state index contributed by atoms with van der Waals surface area (Å²) in [6.45, 7) is 1.64. The average Bonchev–Trinajstić information content (AvgIpc) is 2.26. The van der Waals surface area contributed by atoms with E-state index >= 15 is 0 Å². The van der Waals surface area contributed by atoms with Crippen molar-refractivity contribution >= 4 is 17.8 Å². The minimum Gasteiger partial charge on any atom is -0.480 e.